The van der Waals surface area contributed by atoms with Gasteiger partial charge in [-0.05, 0) is 41.9 Å². The van der Waals surface area contributed by atoms with Crippen molar-refractivity contribution in [3.8, 4) is 0 Å². The highest BCUT2D eigenvalue weighted by Crippen LogP contribution is 2.42. The number of nitrogens with one attached hydrogen (secondary N) is 1. The maximum atomic E-state index is 4.93. The number of aromatic nitrogens is 1. The number of fused-ring (bicyclic) bond motifs is 1. The van der Waals surface area contributed by atoms with Gasteiger partial charge in [0.25, 0.3) is 0 Å². The predicted molar refractivity (Wildman–Crippen MR) is 101 cm³/mol. The lowest BCUT2D eigenvalue weighted by molar-refractivity contribution is 0.271. The van der Waals surface area contributed by atoms with Crippen LogP contribution in [0.2, 0.25) is 0 Å². The molecule has 3 heterocycles. The molecule has 6 heteroatoms. The first kappa shape index (κ1) is 16.5. The number of hydrogen-bond donors (Lipinski definition) is 1. The molecule has 0 aliphatic carbocycles. The highest BCUT2D eigenvalue weighted by atomic mass is 79.9. The van der Waals surface area contributed by atoms with E-state index in [4.69, 9.17) is 4.99 Å². The lowest BCUT2D eigenvalue weighted by Crippen LogP contribution is -2.46. The van der Waals surface area contributed by atoms with Crippen LogP contribution in [0.25, 0.3) is 0 Å². The molecule has 1 N–H and O–H groups in total. The van der Waals surface area contributed by atoms with E-state index in [0.717, 1.165) is 61.0 Å². The largest absolute Gasteiger partial charge is 0.366 e. The van der Waals surface area contributed by atoms with Gasteiger partial charge >= 0.3 is 0 Å². The summed E-state index contributed by atoms with van der Waals surface area (Å²) in [5, 5.41) is 3.41. The molecule has 124 valence electrons. The molecule has 0 bridgehead atoms. The molecule has 0 spiro atoms. The van der Waals surface area contributed by atoms with Gasteiger partial charge in [0.05, 0.1) is 22.4 Å². The molecular weight excluding hydrogens is 354 g/mol. The molecule has 0 aromatic carbocycles. The average Bonchev–Trinajstić information content (AvgIpc) is 2.60. The van der Waals surface area contributed by atoms with Gasteiger partial charge in [0.1, 0.15) is 5.69 Å². The summed E-state index contributed by atoms with van der Waals surface area (Å²) in [6.07, 6.45) is 3.99. The van der Waals surface area contributed by atoms with Crippen LogP contribution in [0, 0.1) is 0 Å². The molecule has 0 atom stereocenters. The monoisotopic (exact) mass is 377 g/mol. The summed E-state index contributed by atoms with van der Waals surface area (Å²) in [5.41, 5.74) is 4.43. The molecule has 2 aliphatic rings. The van der Waals surface area contributed by atoms with Crippen molar-refractivity contribution in [2.24, 2.45) is 4.99 Å². The third kappa shape index (κ3) is 3.28. The van der Waals surface area contributed by atoms with Crippen LogP contribution in [0.4, 0.5) is 17.2 Å². The standard InChI is InChI=1S/C17H24BrN5/c1-4-12(3)14-11-20-17-15(21-14)16(13(18)10-19-17)23-8-6-22(5-2)7-9-23/h4,10H,5-9,11H2,1-3H3,(H,19,20)/b12-4+. The molecule has 1 aromatic heterocycles. The van der Waals surface area contributed by atoms with Crippen LogP contribution < -0.4 is 10.2 Å². The fourth-order valence-corrected chi connectivity index (χ4v) is 3.57. The second kappa shape index (κ2) is 7.01. The summed E-state index contributed by atoms with van der Waals surface area (Å²) >= 11 is 3.69. The summed E-state index contributed by atoms with van der Waals surface area (Å²) in [7, 11) is 0. The Morgan fingerprint density at radius 3 is 2.74 bits per heavy atom. The van der Waals surface area contributed by atoms with E-state index >= 15 is 0 Å². The van der Waals surface area contributed by atoms with E-state index in [-0.39, 0.29) is 0 Å². The Balaban J connectivity index is 1.98. The molecule has 23 heavy (non-hydrogen) atoms. The van der Waals surface area contributed by atoms with Crippen LogP contribution in [0.5, 0.6) is 0 Å². The van der Waals surface area contributed by atoms with Gasteiger partial charge in [0, 0.05) is 32.4 Å². The fourth-order valence-electron chi connectivity index (χ4n) is 3.03. The van der Waals surface area contributed by atoms with Crippen molar-refractivity contribution >= 4 is 38.8 Å². The molecule has 1 fully saturated rings. The Hall–Kier alpha value is -1.40. The average molecular weight is 378 g/mol. The number of allylic oxidation sites excluding steroid dienone is 1. The Kier molecular flexibility index (Phi) is 5.02. The first-order valence-electron chi connectivity index (χ1n) is 8.24. The summed E-state index contributed by atoms with van der Waals surface area (Å²) in [6, 6.07) is 0. The van der Waals surface area contributed by atoms with Crippen molar-refractivity contribution in [1.29, 1.82) is 0 Å². The molecule has 0 unspecified atom stereocenters. The summed E-state index contributed by atoms with van der Waals surface area (Å²) in [6.45, 7) is 12.5. The molecular formula is C17H24BrN5. The van der Waals surface area contributed by atoms with Crippen LogP contribution in [0.1, 0.15) is 20.8 Å². The Labute approximate surface area is 146 Å². The second-order valence-electron chi connectivity index (χ2n) is 5.96. The SMILES string of the molecule is C/C=C(\C)C1=Nc2c(ncc(Br)c2N2CCN(CC)CC2)NC1. The van der Waals surface area contributed by atoms with Gasteiger partial charge in [-0.25, -0.2) is 9.98 Å². The molecule has 2 aliphatic heterocycles. The third-order valence-corrected chi connectivity index (χ3v) is 5.26. The Morgan fingerprint density at radius 1 is 1.35 bits per heavy atom. The van der Waals surface area contributed by atoms with Crippen molar-refractivity contribution in [3.05, 3.63) is 22.3 Å². The zero-order chi connectivity index (χ0) is 16.4. The number of likely N-dealkylation sites (N-methyl/N-ethyl adjacent to an activating group) is 1. The zero-order valence-electron chi connectivity index (χ0n) is 14.1. The maximum absolute atomic E-state index is 4.93. The quantitative estimate of drug-likeness (QED) is 0.875. The number of nitrogens with zero attached hydrogens (tertiary/aromatic N) is 4. The van der Waals surface area contributed by atoms with Crippen LogP contribution in [-0.4, -0.2) is 54.9 Å². The first-order valence-corrected chi connectivity index (χ1v) is 9.03. The van der Waals surface area contributed by atoms with Gasteiger partial charge < -0.3 is 15.1 Å². The van der Waals surface area contributed by atoms with E-state index in [0.29, 0.717) is 0 Å². The summed E-state index contributed by atoms with van der Waals surface area (Å²) in [5.74, 6) is 0.883. The van der Waals surface area contributed by atoms with E-state index in [1.165, 1.54) is 11.3 Å². The molecule has 0 amide bonds. The van der Waals surface area contributed by atoms with Crippen molar-refractivity contribution < 1.29 is 0 Å². The van der Waals surface area contributed by atoms with Gasteiger partial charge in [-0.1, -0.05) is 13.0 Å². The lowest BCUT2D eigenvalue weighted by atomic mass is 10.1. The highest BCUT2D eigenvalue weighted by molar-refractivity contribution is 9.10. The van der Waals surface area contributed by atoms with Crippen LogP contribution in [-0.2, 0) is 0 Å². The van der Waals surface area contributed by atoms with E-state index in [1.807, 2.05) is 6.20 Å². The van der Waals surface area contributed by atoms with Gasteiger partial charge in [-0.15, -0.1) is 0 Å². The van der Waals surface area contributed by atoms with Crippen molar-refractivity contribution in [2.45, 2.75) is 20.8 Å². The minimum atomic E-state index is 0.737. The lowest BCUT2D eigenvalue weighted by Gasteiger charge is -2.37. The normalized spacial score (nSPS) is 19.2. The number of hydrogen-bond acceptors (Lipinski definition) is 5. The maximum Gasteiger partial charge on any atom is 0.154 e. The molecule has 3 rings (SSSR count). The van der Waals surface area contributed by atoms with Gasteiger partial charge in [0.2, 0.25) is 0 Å². The van der Waals surface area contributed by atoms with Crippen molar-refractivity contribution in [1.82, 2.24) is 9.88 Å². The van der Waals surface area contributed by atoms with Crippen LogP contribution in [0.15, 0.2) is 27.3 Å². The first-order chi connectivity index (χ1) is 11.1. The van der Waals surface area contributed by atoms with Crippen LogP contribution >= 0.6 is 15.9 Å². The number of pyridine rings is 1. The van der Waals surface area contributed by atoms with E-state index in [2.05, 4.69) is 62.9 Å². The van der Waals surface area contributed by atoms with Crippen LogP contribution in [0.3, 0.4) is 0 Å². The van der Waals surface area contributed by atoms with Crippen molar-refractivity contribution in [3.63, 3.8) is 0 Å². The Bertz CT molecular complexity index is 645. The Morgan fingerprint density at radius 2 is 2.09 bits per heavy atom. The smallest absolute Gasteiger partial charge is 0.154 e. The topological polar surface area (TPSA) is 43.8 Å². The van der Waals surface area contributed by atoms with E-state index in [1.54, 1.807) is 0 Å². The highest BCUT2D eigenvalue weighted by Gasteiger charge is 2.25. The number of piperazine rings is 1. The minimum Gasteiger partial charge on any atom is -0.366 e. The number of rotatable bonds is 3. The summed E-state index contributed by atoms with van der Waals surface area (Å²) < 4.78 is 1.02. The van der Waals surface area contributed by atoms with Gasteiger partial charge in [-0.3, -0.25) is 0 Å². The predicted octanol–water partition coefficient (Wildman–Crippen LogP) is 3.45. The second-order valence-corrected chi connectivity index (χ2v) is 6.81. The molecule has 1 saturated heterocycles. The minimum absolute atomic E-state index is 0.737. The zero-order valence-corrected chi connectivity index (χ0v) is 15.7. The summed E-state index contributed by atoms with van der Waals surface area (Å²) in [4.78, 5) is 14.3. The van der Waals surface area contributed by atoms with Gasteiger partial charge in [-0.2, -0.15) is 0 Å². The molecule has 5 nitrogen and oxygen atoms in total. The fraction of sp³-hybridized carbons (Fsp3) is 0.529. The molecule has 1 aromatic rings. The van der Waals surface area contributed by atoms with E-state index < -0.39 is 0 Å². The molecule has 0 radical (unpaired) electrons. The number of anilines is 2. The van der Waals surface area contributed by atoms with Crippen molar-refractivity contribution in [2.75, 3.05) is 49.5 Å². The molecule has 0 saturated carbocycles. The number of aliphatic imine (C=N–C) groups is 1. The van der Waals surface area contributed by atoms with E-state index in [9.17, 15) is 0 Å². The van der Waals surface area contributed by atoms with Gasteiger partial charge in [0.15, 0.2) is 5.82 Å². The number of halogens is 1. The third-order valence-electron chi connectivity index (χ3n) is 4.68.